The first-order valence-electron chi connectivity index (χ1n) is 22.9. The largest absolute Gasteiger partial charge is 0.306 e. The zero-order valence-electron chi connectivity index (χ0n) is 36.9. The van der Waals surface area contributed by atoms with Gasteiger partial charge in [0.05, 0.1) is 34.1 Å². The van der Waals surface area contributed by atoms with E-state index < -0.39 is 0 Å². The number of rotatable bonds is 10. The summed E-state index contributed by atoms with van der Waals surface area (Å²) in [6.45, 7) is 0. The van der Waals surface area contributed by atoms with E-state index in [0.29, 0.717) is 11.4 Å². The van der Waals surface area contributed by atoms with Crippen LogP contribution < -0.4 is 9.80 Å². The average Bonchev–Trinajstić information content (AvgIpc) is 3.41. The molecule has 0 radical (unpaired) electrons. The summed E-state index contributed by atoms with van der Waals surface area (Å²) >= 11 is 0. The molecule has 12 aromatic carbocycles. The molecule has 2 nitrogen and oxygen atoms in total. The number of anilines is 6. The molecule has 322 valence electrons. The third-order valence-electron chi connectivity index (χ3n) is 13.1. The number of halogens is 2. The Morgan fingerprint density at radius 1 is 0.235 bits per heavy atom. The van der Waals surface area contributed by atoms with Crippen LogP contribution in [-0.2, 0) is 0 Å². The Morgan fingerprint density at radius 3 is 0.941 bits per heavy atom. The first-order valence-corrected chi connectivity index (χ1v) is 22.9. The maximum Gasteiger partial charge on any atom is 0.147 e. The van der Waals surface area contributed by atoms with Crippen LogP contribution in [0.25, 0.3) is 76.8 Å². The lowest BCUT2D eigenvalue weighted by Gasteiger charge is -2.31. The van der Waals surface area contributed by atoms with Gasteiger partial charge in [-0.15, -0.1) is 0 Å². The lowest BCUT2D eigenvalue weighted by Crippen LogP contribution is -2.14. The summed E-state index contributed by atoms with van der Waals surface area (Å²) in [6.07, 6.45) is 0. The molecule has 4 heteroatoms. The normalized spacial score (nSPS) is 11.4. The first-order chi connectivity index (χ1) is 33.6. The lowest BCUT2D eigenvalue weighted by atomic mass is 9.91. The minimum Gasteiger partial charge on any atom is -0.306 e. The predicted octanol–water partition coefficient (Wildman–Crippen LogP) is 18.5. The topological polar surface area (TPSA) is 6.48 Å². The van der Waals surface area contributed by atoms with Crippen LogP contribution in [-0.4, -0.2) is 0 Å². The quantitative estimate of drug-likeness (QED) is 0.126. The molecule has 0 aliphatic heterocycles. The monoisotopic (exact) mass is 876 g/mol. The van der Waals surface area contributed by atoms with Crippen molar-refractivity contribution < 1.29 is 8.78 Å². The molecule has 0 amide bonds. The molecule has 0 aromatic heterocycles. The second-order valence-electron chi connectivity index (χ2n) is 17.1. The standard InChI is InChI=1S/C64H42F2N2/c65-55-25-13-15-27-61(55)67(59-39-33-49(43-17-5-1-6-18-43)41-53(59)45-21-9-3-10-22-45)57-37-31-47-30-36-52-58(38-32-48-29-35-51(57)63(47)64(48)52)68(62-28-16-14-26-56(62)66)60-40-34-50(44-19-7-2-8-20-44)42-54(60)46-23-11-4-12-24-46/h1-42H. The van der Waals surface area contributed by atoms with Crippen molar-refractivity contribution in [1.29, 1.82) is 0 Å². The second kappa shape index (κ2) is 17.2. The minimum absolute atomic E-state index is 0.334. The van der Waals surface area contributed by atoms with E-state index in [4.69, 9.17) is 0 Å². The predicted molar refractivity (Wildman–Crippen MR) is 281 cm³/mol. The molecule has 12 aromatic rings. The third-order valence-corrected chi connectivity index (χ3v) is 13.1. The molecule has 0 bridgehead atoms. The van der Waals surface area contributed by atoms with Gasteiger partial charge in [-0.2, -0.15) is 0 Å². The lowest BCUT2D eigenvalue weighted by molar-refractivity contribution is 0.628. The highest BCUT2D eigenvalue weighted by molar-refractivity contribution is 6.28. The molecule has 0 aliphatic rings. The average molecular weight is 877 g/mol. The van der Waals surface area contributed by atoms with Crippen LogP contribution in [0.5, 0.6) is 0 Å². The number of benzene rings is 12. The molecule has 0 aliphatic carbocycles. The number of hydrogen-bond acceptors (Lipinski definition) is 2. The van der Waals surface area contributed by atoms with Crippen LogP contribution in [0.2, 0.25) is 0 Å². The van der Waals surface area contributed by atoms with E-state index in [1.807, 2.05) is 97.1 Å². The zero-order valence-corrected chi connectivity index (χ0v) is 36.9. The van der Waals surface area contributed by atoms with Crippen molar-refractivity contribution in [3.05, 3.63) is 266 Å². The maximum absolute atomic E-state index is 16.6. The van der Waals surface area contributed by atoms with E-state index in [1.165, 1.54) is 12.1 Å². The van der Waals surface area contributed by atoms with Crippen LogP contribution in [0.4, 0.5) is 42.9 Å². The minimum atomic E-state index is -0.334. The highest BCUT2D eigenvalue weighted by Crippen LogP contribution is 2.51. The van der Waals surface area contributed by atoms with E-state index in [2.05, 4.69) is 143 Å². The van der Waals surface area contributed by atoms with Crippen molar-refractivity contribution >= 4 is 66.4 Å². The van der Waals surface area contributed by atoms with E-state index in [9.17, 15) is 0 Å². The van der Waals surface area contributed by atoms with Crippen molar-refractivity contribution in [3.8, 4) is 44.5 Å². The molecule has 0 saturated carbocycles. The summed E-state index contributed by atoms with van der Waals surface area (Å²) in [4.78, 5) is 4.15. The van der Waals surface area contributed by atoms with Crippen molar-refractivity contribution in [2.24, 2.45) is 0 Å². The molecule has 0 saturated heterocycles. The van der Waals surface area contributed by atoms with E-state index in [0.717, 1.165) is 99.6 Å². The number of nitrogens with zero attached hydrogens (tertiary/aromatic N) is 2. The Kier molecular flexibility index (Phi) is 10.3. The fourth-order valence-corrected chi connectivity index (χ4v) is 9.99. The van der Waals surface area contributed by atoms with Crippen LogP contribution in [0, 0.1) is 11.6 Å². The summed E-state index contributed by atoms with van der Waals surface area (Å²) in [6, 6.07) is 85.4. The first kappa shape index (κ1) is 40.6. The summed E-state index contributed by atoms with van der Waals surface area (Å²) in [7, 11) is 0. The SMILES string of the molecule is Fc1ccccc1N(c1ccc(-c2ccccc2)cc1-c1ccccc1)c1ccc2ccc3c(N(c4ccccc4F)c4ccc(-c5ccccc5)cc4-c4ccccc4)ccc4ccc1c2c43. The van der Waals surface area contributed by atoms with Crippen LogP contribution in [0.3, 0.4) is 0 Å². The smallest absolute Gasteiger partial charge is 0.147 e. The van der Waals surface area contributed by atoms with Crippen LogP contribution in [0.15, 0.2) is 255 Å². The van der Waals surface area contributed by atoms with E-state index >= 15 is 8.78 Å². The summed E-state index contributed by atoms with van der Waals surface area (Å²) in [5.41, 5.74) is 12.5. The van der Waals surface area contributed by atoms with Gasteiger partial charge in [0.2, 0.25) is 0 Å². The number of hydrogen-bond donors (Lipinski definition) is 0. The van der Waals surface area contributed by atoms with Gasteiger partial charge in [-0.05, 0) is 116 Å². The van der Waals surface area contributed by atoms with Gasteiger partial charge in [0.15, 0.2) is 0 Å². The Labute approximate surface area is 394 Å². The molecule has 0 heterocycles. The van der Waals surface area contributed by atoms with E-state index in [-0.39, 0.29) is 11.6 Å². The van der Waals surface area contributed by atoms with Crippen molar-refractivity contribution in [2.75, 3.05) is 9.80 Å². The van der Waals surface area contributed by atoms with Gasteiger partial charge < -0.3 is 9.80 Å². The van der Waals surface area contributed by atoms with Crippen molar-refractivity contribution in [2.45, 2.75) is 0 Å². The van der Waals surface area contributed by atoms with E-state index in [1.54, 1.807) is 12.1 Å². The van der Waals surface area contributed by atoms with Gasteiger partial charge in [-0.3, -0.25) is 0 Å². The highest BCUT2D eigenvalue weighted by Gasteiger charge is 2.27. The molecular weight excluding hydrogens is 835 g/mol. The van der Waals surface area contributed by atoms with Gasteiger partial charge in [-0.1, -0.05) is 194 Å². The van der Waals surface area contributed by atoms with Gasteiger partial charge >= 0.3 is 0 Å². The third kappa shape index (κ3) is 7.11. The Hall–Kier alpha value is -8.86. The van der Waals surface area contributed by atoms with Crippen LogP contribution >= 0.6 is 0 Å². The Balaban J connectivity index is 1.11. The highest BCUT2D eigenvalue weighted by atomic mass is 19.1. The van der Waals surface area contributed by atoms with Gasteiger partial charge in [-0.25, -0.2) is 8.78 Å². The van der Waals surface area contributed by atoms with Crippen molar-refractivity contribution in [3.63, 3.8) is 0 Å². The Bertz CT molecular complexity index is 3510. The summed E-state index contributed by atoms with van der Waals surface area (Å²) in [5, 5.41) is 6.09. The van der Waals surface area contributed by atoms with Gasteiger partial charge in [0.1, 0.15) is 11.6 Å². The molecule has 0 fully saturated rings. The molecular formula is C64H42F2N2. The fraction of sp³-hybridized carbons (Fsp3) is 0. The van der Waals surface area contributed by atoms with Gasteiger partial charge in [0, 0.05) is 21.9 Å². The Morgan fingerprint density at radius 2 is 0.559 bits per heavy atom. The molecule has 0 unspecified atom stereocenters. The fourth-order valence-electron chi connectivity index (χ4n) is 9.99. The molecule has 12 rings (SSSR count). The molecule has 68 heavy (non-hydrogen) atoms. The summed E-state index contributed by atoms with van der Waals surface area (Å²) in [5.74, 6) is -0.667. The molecule has 0 atom stereocenters. The van der Waals surface area contributed by atoms with Crippen LogP contribution in [0.1, 0.15) is 0 Å². The van der Waals surface area contributed by atoms with Gasteiger partial charge in [0.25, 0.3) is 0 Å². The second-order valence-corrected chi connectivity index (χ2v) is 17.1. The number of para-hydroxylation sites is 2. The zero-order chi connectivity index (χ0) is 45.6. The van der Waals surface area contributed by atoms with Crippen molar-refractivity contribution in [1.82, 2.24) is 0 Å². The molecule has 0 spiro atoms. The molecule has 0 N–H and O–H groups in total. The summed E-state index contributed by atoms with van der Waals surface area (Å²) < 4.78 is 33.2. The maximum atomic E-state index is 16.6.